The average Bonchev–Trinajstić information content (AvgIpc) is 2.89. The van der Waals surface area contributed by atoms with Crippen molar-refractivity contribution in [2.24, 2.45) is 0 Å². The molecule has 128 valence electrons. The summed E-state index contributed by atoms with van der Waals surface area (Å²) in [6, 6.07) is 11.7. The van der Waals surface area contributed by atoms with Gasteiger partial charge in [0.05, 0.1) is 0 Å². The van der Waals surface area contributed by atoms with Gasteiger partial charge in [-0.1, -0.05) is 41.3 Å². The quantitative estimate of drug-likeness (QED) is 0.676. The summed E-state index contributed by atoms with van der Waals surface area (Å²) in [5, 5.41) is 10.8. The van der Waals surface area contributed by atoms with Gasteiger partial charge >= 0.3 is 6.18 Å². The molecule has 0 aliphatic carbocycles. The third-order valence-corrected chi connectivity index (χ3v) is 4.36. The van der Waals surface area contributed by atoms with Crippen LogP contribution >= 0.6 is 11.6 Å². The lowest BCUT2D eigenvalue weighted by molar-refractivity contribution is -0.206. The van der Waals surface area contributed by atoms with E-state index in [-0.39, 0.29) is 5.56 Å². The van der Waals surface area contributed by atoms with Gasteiger partial charge in [0, 0.05) is 27.2 Å². The molecule has 2 aromatic carbocycles. The fourth-order valence-corrected chi connectivity index (χ4v) is 3.01. The van der Waals surface area contributed by atoms with Gasteiger partial charge in [-0.05, 0) is 36.6 Å². The monoisotopic (exact) mass is 363 g/mol. The fraction of sp³-hybridized carbons (Fsp3) is 0.222. The molecule has 25 heavy (non-hydrogen) atoms. The highest BCUT2D eigenvalue weighted by Crippen LogP contribution is 2.38. The van der Waals surface area contributed by atoms with Crippen LogP contribution in [0.3, 0.4) is 0 Å². The van der Waals surface area contributed by atoms with Crippen LogP contribution in [0.5, 0.6) is 0 Å². The number of fused-ring (bicyclic) bond motifs is 1. The van der Waals surface area contributed by atoms with E-state index in [0.717, 1.165) is 5.56 Å². The van der Waals surface area contributed by atoms with Crippen molar-refractivity contribution in [3.8, 4) is 0 Å². The average molecular weight is 364 g/mol. The second-order valence-electron chi connectivity index (χ2n) is 5.89. The standard InChI is InChI=1S/C18H14BClF3NO/c19-11-4-7-13-15(9-11)24-14(16(13)17(25)18(21,22)23)8-3-10-1-5-12(20)6-2-10/h1-2,4-7,9,17,24-25H,3,8H2. The van der Waals surface area contributed by atoms with Crippen molar-refractivity contribution in [1.29, 1.82) is 0 Å². The number of aryl methyl sites for hydroxylation is 2. The molecule has 3 aromatic rings. The number of alkyl halides is 3. The molecule has 0 saturated heterocycles. The van der Waals surface area contributed by atoms with E-state index in [2.05, 4.69) is 4.98 Å². The van der Waals surface area contributed by atoms with Gasteiger partial charge in [0.1, 0.15) is 7.85 Å². The Labute approximate surface area is 149 Å². The van der Waals surface area contributed by atoms with E-state index in [1.807, 2.05) is 12.1 Å². The Hall–Kier alpha value is -1.92. The van der Waals surface area contributed by atoms with Gasteiger partial charge in [-0.2, -0.15) is 13.2 Å². The van der Waals surface area contributed by atoms with Crippen LogP contribution in [0.25, 0.3) is 10.9 Å². The summed E-state index contributed by atoms with van der Waals surface area (Å²) < 4.78 is 39.3. The Morgan fingerprint density at radius 1 is 1.08 bits per heavy atom. The molecule has 0 fully saturated rings. The molecule has 3 rings (SSSR count). The molecular formula is C18H14BClF3NO. The predicted molar refractivity (Wildman–Crippen MR) is 93.6 cm³/mol. The molecule has 2 radical (unpaired) electrons. The maximum absolute atomic E-state index is 13.1. The largest absolute Gasteiger partial charge is 0.418 e. The van der Waals surface area contributed by atoms with Gasteiger partial charge in [-0.3, -0.25) is 0 Å². The van der Waals surface area contributed by atoms with Crippen LogP contribution in [0.4, 0.5) is 13.2 Å². The van der Waals surface area contributed by atoms with Crippen molar-refractivity contribution in [1.82, 2.24) is 4.98 Å². The molecule has 1 heterocycles. The van der Waals surface area contributed by atoms with E-state index in [4.69, 9.17) is 19.4 Å². The number of H-pyrrole nitrogens is 1. The number of hydrogen-bond donors (Lipinski definition) is 2. The second kappa shape index (κ2) is 6.77. The number of hydrogen-bond acceptors (Lipinski definition) is 1. The zero-order chi connectivity index (χ0) is 18.2. The Morgan fingerprint density at radius 3 is 2.40 bits per heavy atom. The Morgan fingerprint density at radius 2 is 1.76 bits per heavy atom. The first-order valence-electron chi connectivity index (χ1n) is 7.65. The fourth-order valence-electron chi connectivity index (χ4n) is 2.89. The third-order valence-electron chi connectivity index (χ3n) is 4.10. The first-order valence-corrected chi connectivity index (χ1v) is 8.02. The lowest BCUT2D eigenvalue weighted by Gasteiger charge is -2.16. The smallest absolute Gasteiger partial charge is 0.379 e. The summed E-state index contributed by atoms with van der Waals surface area (Å²) in [5.74, 6) is 0. The lowest BCUT2D eigenvalue weighted by atomic mass is 9.94. The van der Waals surface area contributed by atoms with Gasteiger partial charge in [-0.15, -0.1) is 0 Å². The van der Waals surface area contributed by atoms with Crippen molar-refractivity contribution in [2.75, 3.05) is 0 Å². The van der Waals surface area contributed by atoms with Crippen molar-refractivity contribution in [2.45, 2.75) is 25.1 Å². The van der Waals surface area contributed by atoms with Gasteiger partial charge in [0.2, 0.25) is 0 Å². The molecule has 0 amide bonds. The maximum Gasteiger partial charge on any atom is 0.418 e. The zero-order valence-electron chi connectivity index (χ0n) is 13.1. The summed E-state index contributed by atoms with van der Waals surface area (Å²) in [6.45, 7) is 0. The first kappa shape index (κ1) is 17.9. The lowest BCUT2D eigenvalue weighted by Crippen LogP contribution is -2.21. The molecule has 7 heteroatoms. The van der Waals surface area contributed by atoms with E-state index in [9.17, 15) is 18.3 Å². The minimum absolute atomic E-state index is 0.142. The topological polar surface area (TPSA) is 36.0 Å². The summed E-state index contributed by atoms with van der Waals surface area (Å²) in [4.78, 5) is 2.97. The van der Waals surface area contributed by atoms with Crippen molar-refractivity contribution in [3.63, 3.8) is 0 Å². The Kier molecular flexibility index (Phi) is 4.84. The highest BCUT2D eigenvalue weighted by atomic mass is 35.5. The summed E-state index contributed by atoms with van der Waals surface area (Å²) in [7, 11) is 5.71. The second-order valence-corrected chi connectivity index (χ2v) is 6.33. The predicted octanol–water partition coefficient (Wildman–Crippen LogP) is 4.00. The normalized spacial score (nSPS) is 13.3. The number of benzene rings is 2. The van der Waals surface area contributed by atoms with Crippen LogP contribution in [0.1, 0.15) is 22.9 Å². The number of nitrogens with one attached hydrogen (secondary N) is 1. The minimum atomic E-state index is -4.74. The molecule has 0 bridgehead atoms. The number of aromatic nitrogens is 1. The van der Waals surface area contributed by atoms with Crippen molar-refractivity contribution < 1.29 is 18.3 Å². The van der Waals surface area contributed by atoms with Crippen LogP contribution in [0.2, 0.25) is 5.02 Å². The molecule has 0 aliphatic rings. The molecule has 1 atom stereocenters. The van der Waals surface area contributed by atoms with Crippen molar-refractivity contribution in [3.05, 3.63) is 64.3 Å². The molecular weight excluding hydrogens is 349 g/mol. The SMILES string of the molecule is [B]c1ccc2c(C(O)C(F)(F)F)c(CCc3ccc(Cl)cc3)[nH]c2c1. The van der Waals surface area contributed by atoms with Gasteiger partial charge in [-0.25, -0.2) is 0 Å². The molecule has 0 aliphatic heterocycles. The maximum atomic E-state index is 13.1. The van der Waals surface area contributed by atoms with E-state index >= 15 is 0 Å². The van der Waals surface area contributed by atoms with E-state index in [0.29, 0.717) is 39.9 Å². The number of aliphatic hydroxyl groups excluding tert-OH is 1. The molecule has 0 spiro atoms. The Bertz CT molecular complexity index is 890. The van der Waals surface area contributed by atoms with Crippen molar-refractivity contribution >= 4 is 35.8 Å². The number of aliphatic hydroxyl groups is 1. The number of aromatic amines is 1. The van der Waals surface area contributed by atoms with E-state index in [1.54, 1.807) is 18.2 Å². The van der Waals surface area contributed by atoms with E-state index < -0.39 is 12.3 Å². The third kappa shape index (κ3) is 3.85. The molecule has 2 nitrogen and oxygen atoms in total. The first-order chi connectivity index (χ1) is 11.8. The van der Waals surface area contributed by atoms with Gasteiger partial charge < -0.3 is 10.1 Å². The Balaban J connectivity index is 1.99. The van der Waals surface area contributed by atoms with Crippen LogP contribution in [-0.4, -0.2) is 24.1 Å². The van der Waals surface area contributed by atoms with Gasteiger partial charge in [0.25, 0.3) is 0 Å². The highest BCUT2D eigenvalue weighted by molar-refractivity contribution is 6.33. The summed E-state index contributed by atoms with van der Waals surface area (Å²) >= 11 is 5.84. The molecule has 0 saturated carbocycles. The highest BCUT2D eigenvalue weighted by Gasteiger charge is 2.41. The molecule has 1 aromatic heterocycles. The van der Waals surface area contributed by atoms with Crippen LogP contribution in [0.15, 0.2) is 42.5 Å². The van der Waals surface area contributed by atoms with E-state index in [1.165, 1.54) is 12.1 Å². The molecule has 2 N–H and O–H groups in total. The molecule has 1 unspecified atom stereocenters. The van der Waals surface area contributed by atoms with Crippen LogP contribution in [-0.2, 0) is 12.8 Å². The minimum Gasteiger partial charge on any atom is -0.379 e. The summed E-state index contributed by atoms with van der Waals surface area (Å²) in [5.41, 5.74) is 2.06. The zero-order valence-corrected chi connectivity index (χ0v) is 13.8. The number of halogens is 4. The van der Waals surface area contributed by atoms with Crippen LogP contribution < -0.4 is 5.46 Å². The van der Waals surface area contributed by atoms with Crippen LogP contribution in [0, 0.1) is 0 Å². The summed E-state index contributed by atoms with van der Waals surface area (Å²) in [6.07, 6.45) is -6.47. The number of rotatable bonds is 4. The van der Waals surface area contributed by atoms with Gasteiger partial charge in [0.15, 0.2) is 6.10 Å².